The van der Waals surface area contributed by atoms with Crippen LogP contribution in [0.5, 0.6) is 0 Å². The number of esters is 1. The highest BCUT2D eigenvalue weighted by Crippen LogP contribution is 2.22. The summed E-state index contributed by atoms with van der Waals surface area (Å²) in [6, 6.07) is 0. The number of imidazole rings is 1. The quantitative estimate of drug-likeness (QED) is 0.469. The lowest BCUT2D eigenvalue weighted by atomic mass is 10.4. The molecule has 106 valence electrons. The SMILES string of the molecule is CCOC(=O)c1cnn(-c2c([N+](=O)[O-])nc(C)n2C)c1. The van der Waals surface area contributed by atoms with Crippen LogP contribution in [0.3, 0.4) is 0 Å². The molecule has 9 heteroatoms. The van der Waals surface area contributed by atoms with Crippen LogP contribution in [0.4, 0.5) is 5.82 Å². The Labute approximate surface area is 113 Å². The highest BCUT2D eigenvalue weighted by Gasteiger charge is 2.26. The Morgan fingerprint density at radius 3 is 2.85 bits per heavy atom. The first-order valence-electron chi connectivity index (χ1n) is 5.85. The maximum absolute atomic E-state index is 11.6. The van der Waals surface area contributed by atoms with E-state index in [1.807, 2.05) is 0 Å². The van der Waals surface area contributed by atoms with Crippen molar-refractivity contribution < 1.29 is 14.5 Å². The molecule has 0 N–H and O–H groups in total. The van der Waals surface area contributed by atoms with Gasteiger partial charge in [0, 0.05) is 20.2 Å². The van der Waals surface area contributed by atoms with E-state index in [1.165, 1.54) is 21.6 Å². The van der Waals surface area contributed by atoms with Crippen molar-refractivity contribution in [3.8, 4) is 5.82 Å². The van der Waals surface area contributed by atoms with Crippen molar-refractivity contribution >= 4 is 11.8 Å². The molecule has 0 aliphatic rings. The summed E-state index contributed by atoms with van der Waals surface area (Å²) < 4.78 is 7.61. The minimum atomic E-state index is -0.589. The number of ether oxygens (including phenoxy) is 1. The van der Waals surface area contributed by atoms with Crippen molar-refractivity contribution in [1.29, 1.82) is 0 Å². The van der Waals surface area contributed by atoms with Crippen LogP contribution < -0.4 is 0 Å². The molecule has 0 saturated carbocycles. The van der Waals surface area contributed by atoms with Crippen molar-refractivity contribution in [2.75, 3.05) is 6.61 Å². The number of rotatable bonds is 4. The predicted molar refractivity (Wildman–Crippen MR) is 67.7 cm³/mol. The zero-order chi connectivity index (χ0) is 14.9. The van der Waals surface area contributed by atoms with Crippen molar-refractivity contribution in [1.82, 2.24) is 19.3 Å². The Morgan fingerprint density at radius 2 is 2.25 bits per heavy atom. The molecule has 2 aromatic heterocycles. The first kappa shape index (κ1) is 13.7. The Balaban J connectivity index is 2.47. The van der Waals surface area contributed by atoms with Crippen LogP contribution in [0.2, 0.25) is 0 Å². The van der Waals surface area contributed by atoms with E-state index < -0.39 is 10.9 Å². The third kappa shape index (κ3) is 2.25. The third-order valence-electron chi connectivity index (χ3n) is 2.75. The van der Waals surface area contributed by atoms with E-state index in [0.29, 0.717) is 5.82 Å². The maximum Gasteiger partial charge on any atom is 0.409 e. The summed E-state index contributed by atoms with van der Waals surface area (Å²) in [5, 5.41) is 15.0. The number of nitro groups is 1. The summed E-state index contributed by atoms with van der Waals surface area (Å²) in [6.07, 6.45) is 2.67. The number of carbonyl (C=O) groups excluding carboxylic acids is 1. The van der Waals surface area contributed by atoms with Crippen LogP contribution in [0.25, 0.3) is 5.82 Å². The molecule has 2 aromatic rings. The molecule has 2 rings (SSSR count). The highest BCUT2D eigenvalue weighted by molar-refractivity contribution is 5.88. The topological polar surface area (TPSA) is 105 Å². The monoisotopic (exact) mass is 279 g/mol. The minimum Gasteiger partial charge on any atom is -0.462 e. The Bertz CT molecular complexity index is 672. The summed E-state index contributed by atoms with van der Waals surface area (Å²) in [5.74, 6) is -0.188. The zero-order valence-electron chi connectivity index (χ0n) is 11.2. The fourth-order valence-electron chi connectivity index (χ4n) is 1.72. The maximum atomic E-state index is 11.6. The molecular formula is C11H13N5O4. The average molecular weight is 279 g/mol. The molecule has 0 aliphatic carbocycles. The standard InChI is InChI=1S/C11H13N5O4/c1-4-20-11(17)8-5-12-15(6-8)10-9(16(18)19)13-7(2)14(10)3/h5-6H,4H2,1-3H3. The summed E-state index contributed by atoms with van der Waals surface area (Å²) in [5.41, 5.74) is 0.222. The molecule has 0 aromatic carbocycles. The Morgan fingerprint density at radius 1 is 1.55 bits per heavy atom. The van der Waals surface area contributed by atoms with E-state index in [9.17, 15) is 14.9 Å². The first-order valence-corrected chi connectivity index (χ1v) is 5.85. The van der Waals surface area contributed by atoms with Gasteiger partial charge in [0.2, 0.25) is 11.6 Å². The Hall–Kier alpha value is -2.71. The largest absolute Gasteiger partial charge is 0.462 e. The van der Waals surface area contributed by atoms with Gasteiger partial charge in [-0.3, -0.25) is 4.57 Å². The van der Waals surface area contributed by atoms with E-state index in [0.717, 1.165) is 0 Å². The molecule has 0 spiro atoms. The number of aromatic nitrogens is 4. The molecule has 0 aliphatic heterocycles. The third-order valence-corrected chi connectivity index (χ3v) is 2.75. The molecule has 0 bridgehead atoms. The van der Waals surface area contributed by atoms with E-state index in [4.69, 9.17) is 4.74 Å². The van der Waals surface area contributed by atoms with Crippen LogP contribution in [-0.2, 0) is 11.8 Å². The van der Waals surface area contributed by atoms with Gasteiger partial charge in [-0.25, -0.2) is 9.48 Å². The van der Waals surface area contributed by atoms with Gasteiger partial charge >= 0.3 is 11.8 Å². The second kappa shape index (κ2) is 5.11. The van der Waals surface area contributed by atoms with Crippen molar-refractivity contribution in [3.05, 3.63) is 33.9 Å². The summed E-state index contributed by atoms with van der Waals surface area (Å²) in [7, 11) is 1.64. The van der Waals surface area contributed by atoms with E-state index in [-0.39, 0.29) is 23.8 Å². The molecule has 0 fully saturated rings. The second-order valence-corrected chi connectivity index (χ2v) is 4.02. The fraction of sp³-hybridized carbons (Fsp3) is 0.364. The molecular weight excluding hydrogens is 266 g/mol. The molecule has 20 heavy (non-hydrogen) atoms. The van der Waals surface area contributed by atoms with Gasteiger partial charge in [0.1, 0.15) is 0 Å². The lowest BCUT2D eigenvalue weighted by molar-refractivity contribution is -0.389. The number of hydrogen-bond acceptors (Lipinski definition) is 6. The molecule has 0 atom stereocenters. The van der Waals surface area contributed by atoms with Crippen molar-refractivity contribution in [2.45, 2.75) is 13.8 Å². The highest BCUT2D eigenvalue weighted by atomic mass is 16.6. The lowest BCUT2D eigenvalue weighted by Crippen LogP contribution is -2.06. The number of nitrogens with zero attached hydrogens (tertiary/aromatic N) is 5. The summed E-state index contributed by atoms with van der Waals surface area (Å²) in [4.78, 5) is 25.8. The smallest absolute Gasteiger partial charge is 0.409 e. The van der Waals surface area contributed by atoms with E-state index in [1.54, 1.807) is 20.9 Å². The van der Waals surface area contributed by atoms with Crippen LogP contribution in [0, 0.1) is 17.0 Å². The van der Waals surface area contributed by atoms with Gasteiger partial charge in [-0.05, 0) is 16.8 Å². The van der Waals surface area contributed by atoms with Crippen LogP contribution in [0.15, 0.2) is 12.4 Å². The first-order chi connectivity index (χ1) is 9.45. The van der Waals surface area contributed by atoms with Gasteiger partial charge in [0.05, 0.1) is 18.4 Å². The predicted octanol–water partition coefficient (Wildman–Crippen LogP) is 0.999. The van der Waals surface area contributed by atoms with Crippen LogP contribution in [0.1, 0.15) is 23.1 Å². The molecule has 2 heterocycles. The van der Waals surface area contributed by atoms with Crippen molar-refractivity contribution in [2.24, 2.45) is 7.05 Å². The summed E-state index contributed by atoms with van der Waals surface area (Å²) in [6.45, 7) is 3.58. The van der Waals surface area contributed by atoms with Crippen LogP contribution >= 0.6 is 0 Å². The van der Waals surface area contributed by atoms with E-state index >= 15 is 0 Å². The molecule has 0 amide bonds. The lowest BCUT2D eigenvalue weighted by Gasteiger charge is -2.01. The van der Waals surface area contributed by atoms with Crippen molar-refractivity contribution in [3.63, 3.8) is 0 Å². The van der Waals surface area contributed by atoms with Gasteiger partial charge in [0.15, 0.2) is 0 Å². The minimum absolute atomic E-state index is 0.183. The second-order valence-electron chi connectivity index (χ2n) is 4.02. The van der Waals surface area contributed by atoms with E-state index in [2.05, 4.69) is 10.1 Å². The van der Waals surface area contributed by atoms with Gasteiger partial charge in [0.25, 0.3) is 0 Å². The molecule has 9 nitrogen and oxygen atoms in total. The number of hydrogen-bond donors (Lipinski definition) is 0. The van der Waals surface area contributed by atoms with Crippen LogP contribution in [-0.4, -0.2) is 36.8 Å². The fourth-order valence-corrected chi connectivity index (χ4v) is 1.72. The number of aryl methyl sites for hydroxylation is 1. The Kier molecular flexibility index (Phi) is 3.51. The van der Waals surface area contributed by atoms with Gasteiger partial charge < -0.3 is 14.9 Å². The molecule has 0 unspecified atom stereocenters. The average Bonchev–Trinajstić information content (AvgIpc) is 2.96. The molecule has 0 saturated heterocycles. The van der Waals surface area contributed by atoms with Gasteiger partial charge in [-0.2, -0.15) is 5.10 Å². The van der Waals surface area contributed by atoms with Gasteiger partial charge in [-0.15, -0.1) is 0 Å². The number of carbonyl (C=O) groups is 1. The normalized spacial score (nSPS) is 10.6. The summed E-state index contributed by atoms with van der Waals surface area (Å²) >= 11 is 0. The van der Waals surface area contributed by atoms with Gasteiger partial charge in [-0.1, -0.05) is 0 Å². The zero-order valence-corrected chi connectivity index (χ0v) is 11.2. The molecule has 0 radical (unpaired) electrons.